The SMILES string of the molecule is CC[C@@]1(c2cc(Br)cs2)CC(=O)N(C)C(N)=N1.CN1C(=O)[C@H](c2ccc(C(C)(C)C)cc2)[C@@](C)(c2cccc(Br)c2)N=C1N.CN1C(=O)[C@H](c2ccc(C3CC3)cc2)[C@@](C)(c2cc(-c3cccc(Cl)c3)ccn2)N=C1N. The van der Waals surface area contributed by atoms with Gasteiger partial charge in [0.25, 0.3) is 0 Å². The Labute approximate surface area is 472 Å². The van der Waals surface area contributed by atoms with E-state index in [4.69, 9.17) is 38.8 Å². The Kier molecular flexibility index (Phi) is 16.2. The van der Waals surface area contributed by atoms with Crippen molar-refractivity contribution < 1.29 is 14.4 Å². The summed E-state index contributed by atoms with van der Waals surface area (Å²) in [7, 11) is 5.01. The van der Waals surface area contributed by atoms with E-state index in [2.05, 4.69) is 99.0 Å². The van der Waals surface area contributed by atoms with Gasteiger partial charge in [0.2, 0.25) is 17.7 Å². The number of hydrogen-bond acceptors (Lipinski definition) is 11. The maximum Gasteiger partial charge on any atom is 0.239 e. The number of aromatic nitrogens is 1. The molecule has 4 aromatic carbocycles. The second-order valence-electron chi connectivity index (χ2n) is 21.3. The summed E-state index contributed by atoms with van der Waals surface area (Å²) in [5.41, 5.74) is 23.9. The van der Waals surface area contributed by atoms with Gasteiger partial charge in [-0.25, -0.2) is 15.0 Å². The zero-order valence-electron chi connectivity index (χ0n) is 44.3. The molecule has 6 aromatic rings. The number of hydrogen-bond donors (Lipinski definition) is 3. The average molecular weight is 1190 g/mol. The fourth-order valence-corrected chi connectivity index (χ4v) is 12.3. The second kappa shape index (κ2) is 22.0. The van der Waals surface area contributed by atoms with Gasteiger partial charge in [0.15, 0.2) is 17.9 Å². The van der Waals surface area contributed by atoms with Crippen molar-refractivity contribution in [3.05, 3.63) is 179 Å². The molecule has 3 amide bonds. The molecule has 5 atom stereocenters. The fourth-order valence-electron chi connectivity index (χ4n) is 10.0. The van der Waals surface area contributed by atoms with Gasteiger partial charge in [0, 0.05) is 51.6 Å². The quantitative estimate of drug-likeness (QED) is 0.135. The van der Waals surface area contributed by atoms with E-state index in [0.717, 1.165) is 48.1 Å². The predicted molar refractivity (Wildman–Crippen MR) is 314 cm³/mol. The molecule has 17 heteroatoms. The number of pyridine rings is 1. The molecule has 0 saturated heterocycles. The van der Waals surface area contributed by atoms with Crippen molar-refractivity contribution in [2.45, 2.75) is 107 Å². The second-order valence-corrected chi connectivity index (χ2v) is 24.5. The molecular formula is C59H65Br2ClN10O3S. The number of likely N-dealkylation sites (N-methyl/N-ethyl adjacent to an activating group) is 2. The normalized spacial score (nSPS) is 23.7. The number of rotatable bonds is 8. The van der Waals surface area contributed by atoms with Crippen LogP contribution in [0.5, 0.6) is 0 Å². The standard InChI is InChI=1S/C26H25ClN4O.C22H26BrN3O.C11H14BrN3OS/c1-26(22-15-20(12-13-29-22)19-4-3-5-21(27)14-19)23(24(32)31(2)25(28)30-26)18-10-8-17(9-11-18)16-6-7-16;1-21(2,3)15-11-9-14(10-12-15)18-19(27)26(5)20(24)25-22(18,4)16-7-6-8-17(23)13-16;1-3-11(8-4-7(12)6-17-8)5-9(16)15(2)10(13)14-11/h3-5,8-16,23H,6-7H2,1-2H3,(H2,28,30);6-13,18H,1-5H3,(H2,24,25);4,6H,3,5H2,1-2H3,(H2,13,14)/t23-,26+;18-,22+;11-/m000/s1. The third kappa shape index (κ3) is 11.4. The number of aliphatic imine (C=N–C) groups is 3. The van der Waals surface area contributed by atoms with Gasteiger partial charge >= 0.3 is 0 Å². The Bertz CT molecular complexity index is 3260. The first-order valence-corrected chi connectivity index (χ1v) is 28.0. The van der Waals surface area contributed by atoms with Crippen LogP contribution >= 0.6 is 54.8 Å². The number of nitrogens with zero attached hydrogens (tertiary/aromatic N) is 7. The van der Waals surface area contributed by atoms with E-state index in [-0.39, 0.29) is 35.1 Å². The third-order valence-corrected chi connectivity index (χ3v) is 17.6. The van der Waals surface area contributed by atoms with Crippen molar-refractivity contribution in [2.75, 3.05) is 21.1 Å². The molecule has 13 nitrogen and oxygen atoms in total. The lowest BCUT2D eigenvalue weighted by molar-refractivity contribution is -0.131. The maximum atomic E-state index is 13.5. The van der Waals surface area contributed by atoms with Crippen molar-refractivity contribution in [3.8, 4) is 11.1 Å². The van der Waals surface area contributed by atoms with E-state index in [1.54, 1.807) is 38.7 Å². The lowest BCUT2D eigenvalue weighted by Crippen LogP contribution is -2.52. The monoisotopic (exact) mass is 1190 g/mol. The van der Waals surface area contributed by atoms with Gasteiger partial charge in [-0.3, -0.25) is 34.1 Å². The van der Waals surface area contributed by atoms with E-state index in [9.17, 15) is 14.4 Å². The highest BCUT2D eigenvalue weighted by Gasteiger charge is 2.49. The summed E-state index contributed by atoms with van der Waals surface area (Å²) in [5, 5.41) is 2.67. The summed E-state index contributed by atoms with van der Waals surface area (Å²) in [6.45, 7) is 12.5. The van der Waals surface area contributed by atoms with Crippen LogP contribution in [0.15, 0.2) is 151 Å². The van der Waals surface area contributed by atoms with Crippen molar-refractivity contribution in [1.82, 2.24) is 19.7 Å². The fraction of sp³-hybridized carbons (Fsp3) is 0.339. The van der Waals surface area contributed by atoms with E-state index >= 15 is 0 Å². The number of amides is 3. The molecule has 6 N–H and O–H groups in total. The van der Waals surface area contributed by atoms with E-state index in [0.29, 0.717) is 29.0 Å². The van der Waals surface area contributed by atoms with Crippen LogP contribution in [-0.2, 0) is 36.4 Å². The summed E-state index contributed by atoms with van der Waals surface area (Å²) in [5.74, 6) is 0.292. The first-order valence-electron chi connectivity index (χ1n) is 25.2. The first-order chi connectivity index (χ1) is 35.9. The molecule has 4 aliphatic rings. The molecule has 5 heterocycles. The molecule has 10 rings (SSSR count). The van der Waals surface area contributed by atoms with Gasteiger partial charge in [0.1, 0.15) is 16.6 Å². The Balaban J connectivity index is 0.000000158. The van der Waals surface area contributed by atoms with Crippen LogP contribution < -0.4 is 17.2 Å². The van der Waals surface area contributed by atoms with E-state index < -0.39 is 28.5 Å². The summed E-state index contributed by atoms with van der Waals surface area (Å²) in [4.78, 5) is 62.8. The Morgan fingerprint density at radius 2 is 1.22 bits per heavy atom. The highest BCUT2D eigenvalue weighted by Crippen LogP contribution is 2.47. The summed E-state index contributed by atoms with van der Waals surface area (Å²) < 4.78 is 1.97. The first kappa shape index (κ1) is 56.0. The number of benzene rings is 4. The number of carbonyl (C=O) groups excluding carboxylic acids is 3. The van der Waals surface area contributed by atoms with Gasteiger partial charge in [-0.05, 0) is 142 Å². The zero-order chi connectivity index (χ0) is 55.1. The van der Waals surface area contributed by atoms with E-state index in [1.165, 1.54) is 38.7 Å². The highest BCUT2D eigenvalue weighted by atomic mass is 79.9. The summed E-state index contributed by atoms with van der Waals surface area (Å²) in [6.07, 6.45) is 5.37. The molecule has 1 aliphatic carbocycles. The Hall–Kier alpha value is -6.20. The highest BCUT2D eigenvalue weighted by molar-refractivity contribution is 9.10. The van der Waals surface area contributed by atoms with Crippen LogP contribution in [0, 0.1) is 0 Å². The molecule has 0 unspecified atom stereocenters. The molecule has 1 fully saturated rings. The smallest absolute Gasteiger partial charge is 0.239 e. The van der Waals surface area contributed by atoms with Crippen molar-refractivity contribution in [2.24, 2.45) is 32.2 Å². The number of thiophene rings is 1. The molecule has 3 aliphatic heterocycles. The largest absolute Gasteiger partial charge is 0.369 e. The summed E-state index contributed by atoms with van der Waals surface area (Å²) >= 11 is 14.8. The number of halogens is 3. The van der Waals surface area contributed by atoms with E-state index in [1.807, 2.05) is 105 Å². The number of nitrogens with two attached hydrogens (primary N) is 3. The zero-order valence-corrected chi connectivity index (χ0v) is 49.1. The maximum absolute atomic E-state index is 13.5. The van der Waals surface area contributed by atoms with Gasteiger partial charge in [-0.2, -0.15) is 0 Å². The topological polar surface area (TPSA) is 189 Å². The predicted octanol–water partition coefficient (Wildman–Crippen LogP) is 11.9. The Morgan fingerprint density at radius 1 is 0.671 bits per heavy atom. The van der Waals surface area contributed by atoms with Crippen LogP contribution in [0.25, 0.3) is 11.1 Å². The van der Waals surface area contributed by atoms with Crippen LogP contribution in [0.1, 0.15) is 123 Å². The average Bonchev–Trinajstić information content (AvgIpc) is 4.16. The van der Waals surface area contributed by atoms with Gasteiger partial charge in [0.05, 0.1) is 24.0 Å². The minimum Gasteiger partial charge on any atom is -0.369 e. The van der Waals surface area contributed by atoms with Crippen LogP contribution in [0.2, 0.25) is 5.02 Å². The molecule has 1 saturated carbocycles. The van der Waals surface area contributed by atoms with Crippen LogP contribution in [0.3, 0.4) is 0 Å². The van der Waals surface area contributed by atoms with Crippen LogP contribution in [0.4, 0.5) is 0 Å². The molecule has 0 radical (unpaired) electrons. The molecular weight excluding hydrogens is 1120 g/mol. The van der Waals surface area contributed by atoms with Crippen molar-refractivity contribution in [1.29, 1.82) is 0 Å². The minimum atomic E-state index is -0.941. The molecule has 2 aromatic heterocycles. The molecule has 396 valence electrons. The molecule has 76 heavy (non-hydrogen) atoms. The molecule has 0 bridgehead atoms. The van der Waals surface area contributed by atoms with Gasteiger partial charge < -0.3 is 17.2 Å². The number of guanidine groups is 3. The van der Waals surface area contributed by atoms with Crippen molar-refractivity contribution in [3.63, 3.8) is 0 Å². The minimum absolute atomic E-state index is 0.0175. The Morgan fingerprint density at radius 3 is 1.76 bits per heavy atom. The lowest BCUT2D eigenvalue weighted by Gasteiger charge is -2.41. The van der Waals surface area contributed by atoms with Crippen LogP contribution in [-0.4, -0.2) is 76.4 Å². The summed E-state index contributed by atoms with van der Waals surface area (Å²) in [6, 6.07) is 38.2. The lowest BCUT2D eigenvalue weighted by atomic mass is 9.74. The molecule has 0 spiro atoms. The third-order valence-electron chi connectivity index (χ3n) is 15.0. The number of carbonyl (C=O) groups is 3. The van der Waals surface area contributed by atoms with Crippen molar-refractivity contribution >= 4 is 90.4 Å². The van der Waals surface area contributed by atoms with Gasteiger partial charge in [-0.1, -0.05) is 128 Å². The van der Waals surface area contributed by atoms with Gasteiger partial charge in [-0.15, -0.1) is 11.3 Å².